The molecule has 0 heterocycles. The molecule has 13 heavy (non-hydrogen) atoms. The molecule has 1 unspecified atom stereocenters. The molecule has 0 aliphatic carbocycles. The quantitative estimate of drug-likeness (QED) is 0.666. The largest absolute Gasteiger partial charge is 0.314 e. The molecule has 0 radical (unpaired) electrons. The molecule has 0 rings (SSSR count). The molecule has 0 fully saturated rings. The Kier molecular flexibility index (Phi) is 6.88. The molecular weight excluding hydrogens is 178 g/mol. The van der Waals surface area contributed by atoms with Gasteiger partial charge in [0.05, 0.1) is 0 Å². The van der Waals surface area contributed by atoms with Crippen molar-refractivity contribution in [1.29, 1.82) is 0 Å². The molecule has 0 aromatic rings. The van der Waals surface area contributed by atoms with E-state index < -0.39 is 0 Å². The van der Waals surface area contributed by atoms with Crippen molar-refractivity contribution in [2.75, 3.05) is 18.6 Å². The lowest BCUT2D eigenvalue weighted by molar-refractivity contribution is 0.257. The number of hydrogen-bond donors (Lipinski definition) is 1. The monoisotopic (exact) mass is 203 g/mol. The van der Waals surface area contributed by atoms with E-state index in [-0.39, 0.29) is 0 Å². The molecule has 0 saturated heterocycles. The summed E-state index contributed by atoms with van der Waals surface area (Å²) in [7, 11) is 0. The summed E-state index contributed by atoms with van der Waals surface area (Å²) in [5.41, 5.74) is 0.397. The van der Waals surface area contributed by atoms with Gasteiger partial charge >= 0.3 is 0 Å². The van der Waals surface area contributed by atoms with Gasteiger partial charge in [0.15, 0.2) is 0 Å². The first-order valence-corrected chi connectivity index (χ1v) is 6.64. The molecule has 1 N–H and O–H groups in total. The van der Waals surface area contributed by atoms with Crippen molar-refractivity contribution in [1.82, 2.24) is 5.32 Å². The van der Waals surface area contributed by atoms with Gasteiger partial charge in [0.2, 0.25) is 0 Å². The van der Waals surface area contributed by atoms with Gasteiger partial charge in [0.25, 0.3) is 0 Å². The Balaban J connectivity index is 3.81. The van der Waals surface area contributed by atoms with Crippen LogP contribution in [0.3, 0.4) is 0 Å². The Labute approximate surface area is 88.1 Å². The summed E-state index contributed by atoms with van der Waals surface area (Å²) >= 11 is 1.94. The molecule has 0 aliphatic rings. The van der Waals surface area contributed by atoms with Crippen molar-refractivity contribution in [2.45, 2.75) is 46.6 Å². The van der Waals surface area contributed by atoms with Crippen LogP contribution in [0.5, 0.6) is 0 Å². The highest BCUT2D eigenvalue weighted by molar-refractivity contribution is 7.98. The smallest absolute Gasteiger partial charge is 0.0116 e. The molecule has 0 bridgehead atoms. The molecule has 2 heteroatoms. The Morgan fingerprint density at radius 2 is 1.92 bits per heavy atom. The van der Waals surface area contributed by atoms with Crippen LogP contribution in [0.15, 0.2) is 0 Å². The SMILES string of the molecule is CCNC(CCCSC)C(C)(C)C. The summed E-state index contributed by atoms with van der Waals surface area (Å²) in [6.45, 7) is 10.2. The van der Waals surface area contributed by atoms with Gasteiger partial charge in [-0.3, -0.25) is 0 Å². The molecule has 0 aliphatic heterocycles. The molecule has 0 spiro atoms. The Morgan fingerprint density at radius 1 is 1.31 bits per heavy atom. The summed E-state index contributed by atoms with van der Waals surface area (Å²) < 4.78 is 0. The highest BCUT2D eigenvalue weighted by Gasteiger charge is 2.22. The van der Waals surface area contributed by atoms with Gasteiger partial charge in [-0.05, 0) is 36.8 Å². The van der Waals surface area contributed by atoms with Crippen LogP contribution in [-0.2, 0) is 0 Å². The average molecular weight is 203 g/mol. The topological polar surface area (TPSA) is 12.0 Å². The Morgan fingerprint density at radius 3 is 2.31 bits per heavy atom. The second kappa shape index (κ2) is 6.72. The van der Waals surface area contributed by atoms with E-state index in [0.29, 0.717) is 11.5 Å². The highest BCUT2D eigenvalue weighted by atomic mass is 32.2. The van der Waals surface area contributed by atoms with Crippen molar-refractivity contribution < 1.29 is 0 Å². The number of thioether (sulfide) groups is 1. The lowest BCUT2D eigenvalue weighted by Crippen LogP contribution is -2.40. The highest BCUT2D eigenvalue weighted by Crippen LogP contribution is 2.23. The zero-order chi connectivity index (χ0) is 10.3. The first kappa shape index (κ1) is 13.3. The summed E-state index contributed by atoms with van der Waals surface area (Å²) in [5, 5.41) is 3.57. The molecule has 0 saturated carbocycles. The van der Waals surface area contributed by atoms with E-state index in [0.717, 1.165) is 6.54 Å². The van der Waals surface area contributed by atoms with Crippen molar-refractivity contribution in [3.05, 3.63) is 0 Å². The fraction of sp³-hybridized carbons (Fsp3) is 1.00. The van der Waals surface area contributed by atoms with Crippen LogP contribution in [0, 0.1) is 5.41 Å². The van der Waals surface area contributed by atoms with Crippen LogP contribution < -0.4 is 5.32 Å². The van der Waals surface area contributed by atoms with Crippen LogP contribution in [0.25, 0.3) is 0 Å². The second-order valence-electron chi connectivity index (χ2n) is 4.61. The molecule has 80 valence electrons. The molecule has 1 atom stereocenters. The third-order valence-electron chi connectivity index (χ3n) is 2.34. The summed E-state index contributed by atoms with van der Waals surface area (Å²) in [5.74, 6) is 1.29. The van der Waals surface area contributed by atoms with Gasteiger partial charge in [-0.2, -0.15) is 11.8 Å². The molecular formula is C11H25NS. The second-order valence-corrected chi connectivity index (χ2v) is 5.60. The zero-order valence-electron chi connectivity index (χ0n) is 9.81. The first-order valence-electron chi connectivity index (χ1n) is 5.24. The molecule has 0 amide bonds. The van der Waals surface area contributed by atoms with E-state index in [1.54, 1.807) is 0 Å². The van der Waals surface area contributed by atoms with E-state index in [4.69, 9.17) is 0 Å². The van der Waals surface area contributed by atoms with E-state index in [2.05, 4.69) is 39.3 Å². The van der Waals surface area contributed by atoms with Gasteiger partial charge in [-0.25, -0.2) is 0 Å². The van der Waals surface area contributed by atoms with Gasteiger partial charge in [0.1, 0.15) is 0 Å². The number of nitrogens with one attached hydrogen (secondary N) is 1. The van der Waals surface area contributed by atoms with E-state index in [1.807, 2.05) is 11.8 Å². The summed E-state index contributed by atoms with van der Waals surface area (Å²) in [6, 6.07) is 0.671. The molecule has 1 nitrogen and oxygen atoms in total. The lowest BCUT2D eigenvalue weighted by Gasteiger charge is -2.31. The van der Waals surface area contributed by atoms with Crippen LogP contribution in [0.2, 0.25) is 0 Å². The minimum atomic E-state index is 0.397. The summed E-state index contributed by atoms with van der Waals surface area (Å²) in [4.78, 5) is 0. The van der Waals surface area contributed by atoms with Gasteiger partial charge in [-0.15, -0.1) is 0 Å². The standard InChI is InChI=1S/C11H25NS/c1-6-12-10(11(2,3)4)8-7-9-13-5/h10,12H,6-9H2,1-5H3. The lowest BCUT2D eigenvalue weighted by atomic mass is 9.84. The number of hydrogen-bond acceptors (Lipinski definition) is 2. The third kappa shape index (κ3) is 6.39. The minimum absolute atomic E-state index is 0.397. The normalized spacial score (nSPS) is 14.5. The fourth-order valence-electron chi connectivity index (χ4n) is 1.52. The minimum Gasteiger partial charge on any atom is -0.314 e. The Bertz CT molecular complexity index is 118. The van der Waals surface area contributed by atoms with Crippen molar-refractivity contribution >= 4 is 11.8 Å². The van der Waals surface area contributed by atoms with E-state index in [1.165, 1.54) is 18.6 Å². The Hall–Kier alpha value is 0.310. The maximum atomic E-state index is 3.57. The third-order valence-corrected chi connectivity index (χ3v) is 3.03. The first-order chi connectivity index (χ1) is 6.02. The predicted octanol–water partition coefficient (Wildman–Crippen LogP) is 3.15. The summed E-state index contributed by atoms with van der Waals surface area (Å²) in [6.07, 6.45) is 4.81. The predicted molar refractivity (Wildman–Crippen MR) is 64.5 cm³/mol. The maximum absolute atomic E-state index is 3.57. The average Bonchev–Trinajstić information content (AvgIpc) is 2.01. The molecule has 0 aromatic carbocycles. The van der Waals surface area contributed by atoms with Crippen LogP contribution in [-0.4, -0.2) is 24.6 Å². The van der Waals surface area contributed by atoms with Crippen molar-refractivity contribution in [3.63, 3.8) is 0 Å². The van der Waals surface area contributed by atoms with Gasteiger partial charge < -0.3 is 5.32 Å². The van der Waals surface area contributed by atoms with Gasteiger partial charge in [0, 0.05) is 6.04 Å². The van der Waals surface area contributed by atoms with Gasteiger partial charge in [-0.1, -0.05) is 27.7 Å². The van der Waals surface area contributed by atoms with Crippen molar-refractivity contribution in [3.8, 4) is 0 Å². The van der Waals surface area contributed by atoms with Crippen LogP contribution in [0.4, 0.5) is 0 Å². The maximum Gasteiger partial charge on any atom is 0.0116 e. The van der Waals surface area contributed by atoms with E-state index in [9.17, 15) is 0 Å². The zero-order valence-corrected chi connectivity index (χ0v) is 10.6. The van der Waals surface area contributed by atoms with Crippen LogP contribution >= 0.6 is 11.8 Å². The molecule has 0 aromatic heterocycles. The number of rotatable bonds is 6. The van der Waals surface area contributed by atoms with Crippen LogP contribution in [0.1, 0.15) is 40.5 Å². The van der Waals surface area contributed by atoms with E-state index >= 15 is 0 Å². The fourth-order valence-corrected chi connectivity index (χ4v) is 1.97. The van der Waals surface area contributed by atoms with Crippen molar-refractivity contribution in [2.24, 2.45) is 5.41 Å².